The second-order valence-corrected chi connectivity index (χ2v) is 6.08. The van der Waals surface area contributed by atoms with Crippen molar-refractivity contribution in [2.75, 3.05) is 7.11 Å². The Balaban J connectivity index is 1.74. The van der Waals surface area contributed by atoms with E-state index in [0.717, 1.165) is 11.1 Å². The zero-order valence-electron chi connectivity index (χ0n) is 15.8. The molecular weight excluding hydrogens is 374 g/mol. The van der Waals surface area contributed by atoms with Gasteiger partial charge in [-0.15, -0.1) is 0 Å². The number of hydrogen-bond acceptors (Lipinski definition) is 7. The van der Waals surface area contributed by atoms with E-state index in [1.807, 2.05) is 12.1 Å². The summed E-state index contributed by atoms with van der Waals surface area (Å²) < 4.78 is 16.2. The van der Waals surface area contributed by atoms with Crippen molar-refractivity contribution in [2.24, 2.45) is 0 Å². The number of nitriles is 1. The summed E-state index contributed by atoms with van der Waals surface area (Å²) in [6, 6.07) is 14.5. The summed E-state index contributed by atoms with van der Waals surface area (Å²) in [4.78, 5) is 10.6. The van der Waals surface area contributed by atoms with Crippen LogP contribution in [0, 0.1) is 28.4 Å². The summed E-state index contributed by atoms with van der Waals surface area (Å²) in [6.07, 6.45) is 3.16. The number of aromatic nitrogens is 1. The molecule has 0 saturated heterocycles. The van der Waals surface area contributed by atoms with Crippen molar-refractivity contribution >= 4 is 17.8 Å². The quantitative estimate of drug-likeness (QED) is 0.430. The zero-order chi connectivity index (χ0) is 20.8. The van der Waals surface area contributed by atoms with Crippen LogP contribution in [0.1, 0.15) is 28.1 Å². The third-order valence-electron chi connectivity index (χ3n) is 4.13. The highest BCUT2D eigenvalue weighted by Gasteiger charge is 2.21. The van der Waals surface area contributed by atoms with Crippen LogP contribution in [0.2, 0.25) is 0 Å². The molecule has 0 unspecified atom stereocenters. The van der Waals surface area contributed by atoms with Crippen LogP contribution in [0.5, 0.6) is 11.5 Å². The minimum absolute atomic E-state index is 0.0765. The van der Waals surface area contributed by atoms with E-state index in [1.165, 1.54) is 20.1 Å². The highest BCUT2D eigenvalue weighted by atomic mass is 16.6. The minimum atomic E-state index is -0.522. The molecule has 146 valence electrons. The molecule has 0 atom stereocenters. The maximum Gasteiger partial charge on any atom is 0.338 e. The van der Waals surface area contributed by atoms with Crippen molar-refractivity contribution in [3.05, 3.63) is 80.7 Å². The number of rotatable bonds is 7. The number of ether oxygens (including phenoxy) is 2. The lowest BCUT2D eigenvalue weighted by Crippen LogP contribution is -1.98. The Morgan fingerprint density at radius 2 is 1.97 bits per heavy atom. The Hall–Kier alpha value is -4.12. The van der Waals surface area contributed by atoms with Crippen LogP contribution >= 0.6 is 0 Å². The molecule has 29 heavy (non-hydrogen) atoms. The van der Waals surface area contributed by atoms with Crippen LogP contribution in [0.15, 0.2) is 47.0 Å². The second kappa shape index (κ2) is 8.71. The van der Waals surface area contributed by atoms with E-state index in [1.54, 1.807) is 36.4 Å². The number of methoxy groups -OCH3 is 1. The molecule has 0 radical (unpaired) electrons. The fourth-order valence-electron chi connectivity index (χ4n) is 2.63. The normalized spacial score (nSPS) is 10.7. The molecule has 8 heteroatoms. The van der Waals surface area contributed by atoms with Gasteiger partial charge in [0.25, 0.3) is 0 Å². The van der Waals surface area contributed by atoms with Gasteiger partial charge in [0.05, 0.1) is 23.7 Å². The highest BCUT2D eigenvalue weighted by Crippen LogP contribution is 2.30. The fourth-order valence-corrected chi connectivity index (χ4v) is 2.63. The topological polar surface area (TPSA) is 111 Å². The van der Waals surface area contributed by atoms with Gasteiger partial charge < -0.3 is 14.0 Å². The van der Waals surface area contributed by atoms with Gasteiger partial charge in [-0.1, -0.05) is 29.4 Å². The Bertz CT molecular complexity index is 1090. The average Bonchev–Trinajstić information content (AvgIpc) is 3.12. The lowest BCUT2D eigenvalue weighted by Gasteiger charge is -2.11. The predicted octanol–water partition coefficient (Wildman–Crippen LogP) is 4.52. The smallest absolute Gasteiger partial charge is 0.338 e. The molecule has 2 aromatic carbocycles. The lowest BCUT2D eigenvalue weighted by molar-refractivity contribution is -0.386. The van der Waals surface area contributed by atoms with Crippen LogP contribution < -0.4 is 9.47 Å². The lowest BCUT2D eigenvalue weighted by atomic mass is 10.1. The van der Waals surface area contributed by atoms with Crippen molar-refractivity contribution in [1.82, 2.24) is 5.16 Å². The van der Waals surface area contributed by atoms with Gasteiger partial charge in [0, 0.05) is 0 Å². The van der Waals surface area contributed by atoms with Gasteiger partial charge in [0.15, 0.2) is 17.2 Å². The summed E-state index contributed by atoms with van der Waals surface area (Å²) >= 11 is 0. The molecule has 0 aliphatic rings. The maximum absolute atomic E-state index is 11.1. The van der Waals surface area contributed by atoms with Gasteiger partial charge in [-0.3, -0.25) is 10.1 Å². The minimum Gasteiger partial charge on any atom is -0.493 e. The maximum atomic E-state index is 11.1. The number of aryl methyl sites for hydroxylation is 1. The van der Waals surface area contributed by atoms with E-state index in [9.17, 15) is 10.1 Å². The summed E-state index contributed by atoms with van der Waals surface area (Å²) in [5.41, 5.74) is 2.32. The summed E-state index contributed by atoms with van der Waals surface area (Å²) in [5, 5.41) is 23.6. The number of nitrogens with zero attached hydrogens (tertiary/aromatic N) is 3. The molecule has 3 rings (SSSR count). The molecule has 1 heterocycles. The molecule has 3 aromatic rings. The highest BCUT2D eigenvalue weighted by molar-refractivity contribution is 5.72. The van der Waals surface area contributed by atoms with Crippen molar-refractivity contribution < 1.29 is 18.9 Å². The van der Waals surface area contributed by atoms with Crippen LogP contribution in [-0.2, 0) is 6.61 Å². The van der Waals surface area contributed by atoms with Gasteiger partial charge in [0.2, 0.25) is 5.76 Å². The first-order chi connectivity index (χ1) is 14.0. The molecule has 0 amide bonds. The van der Waals surface area contributed by atoms with Gasteiger partial charge in [-0.2, -0.15) is 5.26 Å². The predicted molar refractivity (Wildman–Crippen MR) is 105 cm³/mol. The van der Waals surface area contributed by atoms with E-state index in [4.69, 9.17) is 19.3 Å². The molecule has 0 bridgehead atoms. The SMILES string of the molecule is COc1cc(/C=C/c2onc(C)c2[N+](=O)[O-])ccc1OCc1ccc(C#N)cc1. The van der Waals surface area contributed by atoms with E-state index < -0.39 is 4.92 Å². The molecule has 0 spiro atoms. The molecule has 8 nitrogen and oxygen atoms in total. The van der Waals surface area contributed by atoms with Gasteiger partial charge >= 0.3 is 5.69 Å². The molecule has 0 saturated carbocycles. The summed E-state index contributed by atoms with van der Waals surface area (Å²) in [7, 11) is 1.53. The summed E-state index contributed by atoms with van der Waals surface area (Å²) in [5.74, 6) is 1.15. The Labute approximate surface area is 166 Å². The van der Waals surface area contributed by atoms with Crippen molar-refractivity contribution in [3.63, 3.8) is 0 Å². The van der Waals surface area contributed by atoms with Crippen LogP contribution in [0.4, 0.5) is 5.69 Å². The molecule has 0 aliphatic heterocycles. The number of hydrogen-bond donors (Lipinski definition) is 0. The first kappa shape index (κ1) is 19.6. The Morgan fingerprint density at radius 1 is 1.21 bits per heavy atom. The Kier molecular flexibility index (Phi) is 5.90. The van der Waals surface area contributed by atoms with Crippen molar-refractivity contribution in [1.29, 1.82) is 5.26 Å². The third kappa shape index (κ3) is 4.59. The fraction of sp³-hybridized carbons (Fsp3) is 0.143. The van der Waals surface area contributed by atoms with Crippen molar-refractivity contribution in [3.8, 4) is 17.6 Å². The third-order valence-corrected chi connectivity index (χ3v) is 4.13. The monoisotopic (exact) mass is 391 g/mol. The zero-order valence-corrected chi connectivity index (χ0v) is 15.8. The van der Waals surface area contributed by atoms with E-state index in [2.05, 4.69) is 11.2 Å². The molecule has 0 fully saturated rings. The van der Waals surface area contributed by atoms with Gasteiger partial charge in [0.1, 0.15) is 6.61 Å². The molecule has 0 N–H and O–H groups in total. The molecule has 1 aromatic heterocycles. The van der Waals surface area contributed by atoms with Crippen LogP contribution in [-0.4, -0.2) is 17.2 Å². The van der Waals surface area contributed by atoms with E-state index in [0.29, 0.717) is 23.7 Å². The largest absolute Gasteiger partial charge is 0.493 e. The number of benzene rings is 2. The standard InChI is InChI=1S/C21H17N3O5/c1-14-21(24(25)26)19(29-23-14)10-8-15-7-9-18(20(11-15)27-2)28-13-17-5-3-16(12-22)4-6-17/h3-11H,13H2,1-2H3/b10-8+. The van der Waals surface area contributed by atoms with Crippen LogP contribution in [0.25, 0.3) is 12.2 Å². The first-order valence-electron chi connectivity index (χ1n) is 8.60. The average molecular weight is 391 g/mol. The second-order valence-electron chi connectivity index (χ2n) is 6.08. The van der Waals surface area contributed by atoms with E-state index in [-0.39, 0.29) is 17.1 Å². The Morgan fingerprint density at radius 3 is 2.62 bits per heavy atom. The van der Waals surface area contributed by atoms with Gasteiger partial charge in [-0.05, 0) is 48.4 Å². The van der Waals surface area contributed by atoms with Crippen molar-refractivity contribution in [2.45, 2.75) is 13.5 Å². The van der Waals surface area contributed by atoms with Crippen LogP contribution in [0.3, 0.4) is 0 Å². The molecular formula is C21H17N3O5. The van der Waals surface area contributed by atoms with Gasteiger partial charge in [-0.25, -0.2) is 0 Å². The molecule has 0 aliphatic carbocycles. The number of nitro groups is 1. The summed E-state index contributed by atoms with van der Waals surface area (Å²) in [6.45, 7) is 1.84. The first-order valence-corrected chi connectivity index (χ1v) is 8.60. The van der Waals surface area contributed by atoms with E-state index >= 15 is 0 Å².